The third-order valence-corrected chi connectivity index (χ3v) is 6.13. The fraction of sp³-hybridized carbons (Fsp3) is 0.360. The number of rotatable bonds is 6. The Labute approximate surface area is 196 Å². The maximum absolute atomic E-state index is 13.9. The number of primary amides is 1. The number of anilines is 1. The molecule has 1 aliphatic rings. The van der Waals surface area contributed by atoms with Crippen LogP contribution in [0.5, 0.6) is 0 Å². The van der Waals surface area contributed by atoms with Crippen molar-refractivity contribution < 1.29 is 18.4 Å². The monoisotopic (exact) mass is 467 g/mol. The third-order valence-electron chi connectivity index (χ3n) is 6.13. The Bertz CT molecular complexity index is 1260. The van der Waals surface area contributed by atoms with Crippen LogP contribution in [0.3, 0.4) is 0 Å². The molecular weight excluding hydrogens is 440 g/mol. The summed E-state index contributed by atoms with van der Waals surface area (Å²) in [6.45, 7) is 7.44. The zero-order chi connectivity index (χ0) is 24.6. The van der Waals surface area contributed by atoms with Crippen LogP contribution < -0.4 is 10.6 Å². The Kier molecular flexibility index (Phi) is 6.45. The van der Waals surface area contributed by atoms with Crippen LogP contribution in [0.25, 0.3) is 22.3 Å². The number of carbonyl (C=O) groups excluding carboxylic acids is 2. The van der Waals surface area contributed by atoms with Crippen LogP contribution in [-0.2, 0) is 4.79 Å². The summed E-state index contributed by atoms with van der Waals surface area (Å²) in [5, 5.41) is 0. The number of amides is 2. The van der Waals surface area contributed by atoms with Gasteiger partial charge in [0.2, 0.25) is 11.8 Å². The standard InChI is InChI=1S/C25H27F2N5O2/c1-4-32(25(34)14(2)3)17-8-9-31(13-17)24-22(15-6-5-7-16(10-15)23(28)33)29-20-11-18(26)19(27)12-21(20)30-24/h5-7,10-12,14,17H,4,8-9,13H2,1-3H3,(H2,28,33)/t17-/m0/s1. The first-order valence-electron chi connectivity index (χ1n) is 11.3. The molecule has 2 amide bonds. The third kappa shape index (κ3) is 4.42. The van der Waals surface area contributed by atoms with Crippen molar-refractivity contribution in [1.29, 1.82) is 0 Å². The second kappa shape index (κ2) is 9.32. The number of hydrogen-bond donors (Lipinski definition) is 1. The number of nitrogens with zero attached hydrogens (tertiary/aromatic N) is 4. The van der Waals surface area contributed by atoms with Gasteiger partial charge in [-0.25, -0.2) is 18.7 Å². The maximum Gasteiger partial charge on any atom is 0.248 e. The lowest BCUT2D eigenvalue weighted by atomic mass is 10.1. The van der Waals surface area contributed by atoms with Gasteiger partial charge in [0.15, 0.2) is 17.5 Å². The first-order chi connectivity index (χ1) is 16.2. The molecule has 34 heavy (non-hydrogen) atoms. The van der Waals surface area contributed by atoms with Crippen molar-refractivity contribution in [2.45, 2.75) is 33.2 Å². The molecule has 2 N–H and O–H groups in total. The molecule has 0 unspecified atom stereocenters. The largest absolute Gasteiger partial charge is 0.366 e. The Balaban J connectivity index is 1.80. The number of aromatic nitrogens is 2. The number of hydrogen-bond acceptors (Lipinski definition) is 5. The van der Waals surface area contributed by atoms with Crippen LogP contribution in [0.2, 0.25) is 0 Å². The van der Waals surface area contributed by atoms with Crippen molar-refractivity contribution in [3.8, 4) is 11.3 Å². The summed E-state index contributed by atoms with van der Waals surface area (Å²) in [5.74, 6) is -2.15. The molecule has 1 atom stereocenters. The highest BCUT2D eigenvalue weighted by atomic mass is 19.2. The van der Waals surface area contributed by atoms with Crippen molar-refractivity contribution in [3.05, 3.63) is 53.6 Å². The van der Waals surface area contributed by atoms with Crippen LogP contribution in [0, 0.1) is 17.6 Å². The molecule has 4 rings (SSSR count). The van der Waals surface area contributed by atoms with E-state index in [1.807, 2.05) is 30.6 Å². The molecule has 2 aromatic carbocycles. The minimum Gasteiger partial charge on any atom is -0.366 e. The van der Waals surface area contributed by atoms with E-state index in [0.717, 1.165) is 18.6 Å². The van der Waals surface area contributed by atoms with Crippen LogP contribution in [-0.4, -0.2) is 52.4 Å². The summed E-state index contributed by atoms with van der Waals surface area (Å²) in [7, 11) is 0. The SMILES string of the molecule is CCN(C(=O)C(C)C)[C@H]1CCN(c2nc3cc(F)c(F)cc3nc2-c2cccc(C(N)=O)c2)C1. The van der Waals surface area contributed by atoms with Crippen LogP contribution >= 0.6 is 0 Å². The average Bonchev–Trinajstić information content (AvgIpc) is 3.29. The van der Waals surface area contributed by atoms with Gasteiger partial charge >= 0.3 is 0 Å². The number of halogens is 2. The molecule has 7 nitrogen and oxygen atoms in total. The van der Waals surface area contributed by atoms with Gasteiger partial charge in [-0.1, -0.05) is 26.0 Å². The molecule has 0 radical (unpaired) electrons. The Morgan fingerprint density at radius 3 is 2.44 bits per heavy atom. The van der Waals surface area contributed by atoms with E-state index in [1.165, 1.54) is 0 Å². The summed E-state index contributed by atoms with van der Waals surface area (Å²) in [4.78, 5) is 37.6. The highest BCUT2D eigenvalue weighted by Crippen LogP contribution is 2.33. The van der Waals surface area contributed by atoms with Gasteiger partial charge < -0.3 is 15.5 Å². The van der Waals surface area contributed by atoms with Crippen LogP contribution in [0.1, 0.15) is 37.6 Å². The number of nitrogens with two attached hydrogens (primary N) is 1. The first-order valence-corrected chi connectivity index (χ1v) is 11.3. The number of likely N-dealkylation sites (N-methyl/N-ethyl adjacent to an activating group) is 1. The van der Waals surface area contributed by atoms with E-state index in [4.69, 9.17) is 5.73 Å². The molecular formula is C25H27F2N5O2. The highest BCUT2D eigenvalue weighted by Gasteiger charge is 2.33. The predicted octanol–water partition coefficient (Wildman–Crippen LogP) is 3.76. The van der Waals surface area contributed by atoms with Gasteiger partial charge in [0.1, 0.15) is 5.69 Å². The normalized spacial score (nSPS) is 15.8. The van der Waals surface area contributed by atoms with Gasteiger partial charge in [-0.05, 0) is 25.5 Å². The Morgan fingerprint density at radius 2 is 1.82 bits per heavy atom. The molecule has 0 spiro atoms. The van der Waals surface area contributed by atoms with Gasteiger partial charge in [-0.3, -0.25) is 9.59 Å². The van der Waals surface area contributed by atoms with E-state index >= 15 is 0 Å². The topological polar surface area (TPSA) is 92.4 Å². The van der Waals surface area contributed by atoms with Gasteiger partial charge in [-0.2, -0.15) is 0 Å². The maximum atomic E-state index is 13.9. The van der Waals surface area contributed by atoms with Gasteiger partial charge in [0.05, 0.1) is 17.1 Å². The molecule has 0 aliphatic carbocycles. The van der Waals surface area contributed by atoms with Crippen LogP contribution in [0.15, 0.2) is 36.4 Å². The quantitative estimate of drug-likeness (QED) is 0.596. The lowest BCUT2D eigenvalue weighted by Gasteiger charge is -2.30. The van der Waals surface area contributed by atoms with E-state index in [2.05, 4.69) is 9.97 Å². The molecule has 1 saturated heterocycles. The summed E-state index contributed by atoms with van der Waals surface area (Å²) in [6.07, 6.45) is 0.741. The molecule has 1 aliphatic heterocycles. The van der Waals surface area contributed by atoms with E-state index in [9.17, 15) is 18.4 Å². The fourth-order valence-electron chi connectivity index (χ4n) is 4.39. The summed E-state index contributed by atoms with van der Waals surface area (Å²) in [5.41, 5.74) is 7.19. The second-order valence-electron chi connectivity index (χ2n) is 8.76. The van der Waals surface area contributed by atoms with Crippen molar-refractivity contribution in [2.75, 3.05) is 24.5 Å². The zero-order valence-corrected chi connectivity index (χ0v) is 19.4. The fourth-order valence-corrected chi connectivity index (χ4v) is 4.39. The molecule has 0 bridgehead atoms. The van der Waals surface area contributed by atoms with Crippen molar-refractivity contribution in [3.63, 3.8) is 0 Å². The molecule has 3 aromatic rings. The second-order valence-corrected chi connectivity index (χ2v) is 8.76. The summed E-state index contributed by atoms with van der Waals surface area (Å²) in [6, 6.07) is 8.68. The predicted molar refractivity (Wildman–Crippen MR) is 126 cm³/mol. The molecule has 0 saturated carbocycles. The molecule has 2 heterocycles. The summed E-state index contributed by atoms with van der Waals surface area (Å²) >= 11 is 0. The van der Waals surface area contributed by atoms with Crippen molar-refractivity contribution >= 4 is 28.7 Å². The van der Waals surface area contributed by atoms with E-state index in [-0.39, 0.29) is 28.9 Å². The molecule has 1 aromatic heterocycles. The Hall–Kier alpha value is -3.62. The van der Waals surface area contributed by atoms with Crippen molar-refractivity contribution in [2.24, 2.45) is 11.7 Å². The minimum atomic E-state index is -1.02. The zero-order valence-electron chi connectivity index (χ0n) is 19.4. The van der Waals surface area contributed by atoms with Gasteiger partial charge in [-0.15, -0.1) is 0 Å². The van der Waals surface area contributed by atoms with Gasteiger partial charge in [0.25, 0.3) is 0 Å². The van der Waals surface area contributed by atoms with E-state index < -0.39 is 17.5 Å². The van der Waals surface area contributed by atoms with E-state index in [1.54, 1.807) is 24.3 Å². The van der Waals surface area contributed by atoms with Crippen LogP contribution in [0.4, 0.5) is 14.6 Å². The molecule has 178 valence electrons. The molecule has 1 fully saturated rings. The number of carbonyl (C=O) groups is 2. The smallest absolute Gasteiger partial charge is 0.248 e. The van der Waals surface area contributed by atoms with Crippen molar-refractivity contribution in [1.82, 2.24) is 14.9 Å². The number of benzene rings is 2. The van der Waals surface area contributed by atoms with E-state index in [0.29, 0.717) is 42.3 Å². The lowest BCUT2D eigenvalue weighted by Crippen LogP contribution is -2.43. The number of fused-ring (bicyclic) bond motifs is 1. The van der Waals surface area contributed by atoms with Gasteiger partial charge in [0, 0.05) is 48.8 Å². The summed E-state index contributed by atoms with van der Waals surface area (Å²) < 4.78 is 27.9. The first kappa shape index (κ1) is 23.5. The average molecular weight is 468 g/mol. The highest BCUT2D eigenvalue weighted by molar-refractivity contribution is 5.95. The minimum absolute atomic E-state index is 0.00726. The Morgan fingerprint density at radius 1 is 1.15 bits per heavy atom. The lowest BCUT2D eigenvalue weighted by molar-refractivity contribution is -0.136. The molecule has 9 heteroatoms.